The molecule has 0 radical (unpaired) electrons. The molecule has 0 bridgehead atoms. The van der Waals surface area contributed by atoms with Crippen LogP contribution in [0.15, 0.2) is 84.2 Å². The summed E-state index contributed by atoms with van der Waals surface area (Å²) >= 11 is 7.59. The van der Waals surface area contributed by atoms with Gasteiger partial charge >= 0.3 is 0 Å². The number of hydrogen-bond acceptors (Lipinski definition) is 5. The number of thiazole rings is 1. The van der Waals surface area contributed by atoms with Crippen LogP contribution < -0.4 is 19.6 Å². The smallest absolute Gasteiger partial charge is 0.274 e. The minimum absolute atomic E-state index is 0.109. The second-order valence-electron chi connectivity index (χ2n) is 7.61. The third-order valence-electron chi connectivity index (χ3n) is 5.34. The number of rotatable bonds is 8. The molecule has 0 saturated carbocycles. The molecule has 7 heteroatoms. The van der Waals surface area contributed by atoms with Crippen molar-refractivity contribution in [1.29, 1.82) is 0 Å². The fourth-order valence-corrected chi connectivity index (χ4v) is 4.95. The molecule has 0 spiro atoms. The zero-order valence-electron chi connectivity index (χ0n) is 18.2. The summed E-state index contributed by atoms with van der Waals surface area (Å²) < 4.78 is 14.1. The van der Waals surface area contributed by atoms with Crippen molar-refractivity contribution in [3.05, 3.63) is 110 Å². The van der Waals surface area contributed by atoms with Crippen LogP contribution in [0.1, 0.15) is 11.1 Å². The molecule has 2 heterocycles. The van der Waals surface area contributed by atoms with E-state index in [4.69, 9.17) is 21.1 Å². The van der Waals surface area contributed by atoms with Crippen LogP contribution in [0.25, 0.3) is 22.1 Å². The van der Waals surface area contributed by atoms with Crippen molar-refractivity contribution < 1.29 is 9.47 Å². The van der Waals surface area contributed by atoms with Crippen LogP contribution >= 0.6 is 22.9 Å². The predicted molar refractivity (Wildman–Crippen MR) is 138 cm³/mol. The van der Waals surface area contributed by atoms with Gasteiger partial charge in [0.1, 0.15) is 24.7 Å². The summed E-state index contributed by atoms with van der Waals surface area (Å²) in [7, 11) is 0. The van der Waals surface area contributed by atoms with E-state index in [1.54, 1.807) is 28.7 Å². The lowest BCUT2D eigenvalue weighted by atomic mass is 10.1. The Bertz CT molecular complexity index is 1610. The van der Waals surface area contributed by atoms with Gasteiger partial charge in [-0.25, -0.2) is 9.38 Å². The van der Waals surface area contributed by atoms with Gasteiger partial charge in [-0.2, -0.15) is 0 Å². The van der Waals surface area contributed by atoms with E-state index in [1.807, 2.05) is 54.6 Å². The number of hydrogen-bond donors (Lipinski definition) is 0. The summed E-state index contributed by atoms with van der Waals surface area (Å²) in [4.78, 5) is 18.3. The molecule has 0 atom stereocenters. The lowest BCUT2D eigenvalue weighted by Gasteiger charge is -2.12. The second-order valence-corrected chi connectivity index (χ2v) is 9.06. The van der Waals surface area contributed by atoms with Crippen LogP contribution in [0, 0.1) is 0 Å². The van der Waals surface area contributed by atoms with Crippen LogP contribution in [0.5, 0.6) is 11.5 Å². The molecule has 5 rings (SSSR count). The lowest BCUT2D eigenvalue weighted by molar-refractivity contribution is 0.216. The third-order valence-corrected chi connectivity index (χ3v) is 6.54. The number of imidazole rings is 1. The molecular formula is C27H21ClN2O3S. The third kappa shape index (κ3) is 4.42. The van der Waals surface area contributed by atoms with E-state index < -0.39 is 0 Å². The van der Waals surface area contributed by atoms with Gasteiger partial charge in [0.2, 0.25) is 0 Å². The van der Waals surface area contributed by atoms with Crippen molar-refractivity contribution in [3.8, 4) is 11.5 Å². The fraction of sp³-hybridized carbons (Fsp3) is 0.111. The summed E-state index contributed by atoms with van der Waals surface area (Å²) in [5.41, 5.74) is 3.30. The van der Waals surface area contributed by atoms with Crippen molar-refractivity contribution in [2.24, 2.45) is 0 Å². The van der Waals surface area contributed by atoms with Crippen LogP contribution in [0.2, 0.25) is 5.02 Å². The van der Waals surface area contributed by atoms with Crippen LogP contribution in [-0.2, 0) is 6.42 Å². The lowest BCUT2D eigenvalue weighted by Crippen LogP contribution is -2.22. The molecule has 5 aromatic rings. The Morgan fingerprint density at radius 1 is 1.00 bits per heavy atom. The zero-order valence-corrected chi connectivity index (χ0v) is 19.8. The first-order valence-electron chi connectivity index (χ1n) is 10.8. The first kappa shape index (κ1) is 22.2. The molecule has 0 unspecified atom stereocenters. The Morgan fingerprint density at radius 3 is 2.62 bits per heavy atom. The minimum atomic E-state index is -0.109. The Balaban J connectivity index is 1.39. The summed E-state index contributed by atoms with van der Waals surface area (Å²) in [6.07, 6.45) is 4.39. The fourth-order valence-electron chi connectivity index (χ4n) is 3.79. The number of halogens is 1. The Morgan fingerprint density at radius 2 is 1.76 bits per heavy atom. The molecule has 0 N–H and O–H groups in total. The number of benzene rings is 3. The number of allylic oxidation sites excluding steroid dienone is 1. The molecule has 0 fully saturated rings. The van der Waals surface area contributed by atoms with E-state index in [0.717, 1.165) is 34.3 Å². The largest absolute Gasteiger partial charge is 0.490 e. The van der Waals surface area contributed by atoms with Crippen molar-refractivity contribution in [2.45, 2.75) is 6.42 Å². The normalized spacial score (nSPS) is 11.9. The van der Waals surface area contributed by atoms with Gasteiger partial charge in [0, 0.05) is 10.6 Å². The number of ether oxygens (including phenoxy) is 2. The molecule has 0 aliphatic carbocycles. The Hall–Kier alpha value is -3.61. The maximum Gasteiger partial charge on any atom is 0.274 e. The maximum atomic E-state index is 13.1. The molecule has 3 aromatic carbocycles. The number of fused-ring (bicyclic) bond motifs is 3. The molecule has 0 saturated heterocycles. The molecule has 2 aromatic heterocycles. The highest BCUT2D eigenvalue weighted by atomic mass is 35.5. The first-order chi connectivity index (χ1) is 16.6. The van der Waals surface area contributed by atoms with Gasteiger partial charge in [0.25, 0.3) is 5.56 Å². The molecular weight excluding hydrogens is 468 g/mol. The number of aromatic nitrogens is 2. The van der Waals surface area contributed by atoms with E-state index >= 15 is 0 Å². The monoisotopic (exact) mass is 488 g/mol. The van der Waals surface area contributed by atoms with Gasteiger partial charge in [-0.1, -0.05) is 59.3 Å². The summed E-state index contributed by atoms with van der Waals surface area (Å²) in [5.74, 6) is 1.45. The highest BCUT2D eigenvalue weighted by Gasteiger charge is 2.12. The quantitative estimate of drug-likeness (QED) is 0.220. The highest BCUT2D eigenvalue weighted by Crippen LogP contribution is 2.25. The highest BCUT2D eigenvalue weighted by molar-refractivity contribution is 7.15. The van der Waals surface area contributed by atoms with Crippen molar-refractivity contribution in [3.63, 3.8) is 0 Å². The van der Waals surface area contributed by atoms with E-state index in [9.17, 15) is 4.79 Å². The molecule has 0 aliphatic rings. The zero-order chi connectivity index (χ0) is 23.5. The molecule has 34 heavy (non-hydrogen) atoms. The standard InChI is InChI=1S/C27H21ClN2O3S/c1-2-7-18-8-3-6-11-23(18)32-14-15-33-24-13-12-20(28)16-19(24)17-25-26(31)30-22-10-5-4-9-21(22)29-27(30)34-25/h2-6,8-13,16-17H,1,7,14-15H2/b25-17-. The van der Waals surface area contributed by atoms with E-state index in [0.29, 0.717) is 33.5 Å². The van der Waals surface area contributed by atoms with Gasteiger partial charge < -0.3 is 9.47 Å². The van der Waals surface area contributed by atoms with Crippen LogP contribution in [0.3, 0.4) is 0 Å². The summed E-state index contributed by atoms with van der Waals surface area (Å²) in [6.45, 7) is 4.51. The number of nitrogens with zero attached hydrogens (tertiary/aromatic N) is 2. The summed E-state index contributed by atoms with van der Waals surface area (Å²) in [6, 6.07) is 20.8. The van der Waals surface area contributed by atoms with E-state index in [2.05, 4.69) is 11.6 Å². The molecule has 0 aliphatic heterocycles. The van der Waals surface area contributed by atoms with Gasteiger partial charge in [-0.3, -0.25) is 4.79 Å². The second kappa shape index (κ2) is 9.71. The predicted octanol–water partition coefficient (Wildman–Crippen LogP) is 5.30. The van der Waals surface area contributed by atoms with Crippen molar-refractivity contribution >= 4 is 45.0 Å². The Labute approximate surface area is 205 Å². The van der Waals surface area contributed by atoms with Crippen LogP contribution in [-0.4, -0.2) is 22.6 Å². The van der Waals surface area contributed by atoms with Crippen LogP contribution in [0.4, 0.5) is 0 Å². The first-order valence-corrected chi connectivity index (χ1v) is 12.0. The average Bonchev–Trinajstić information content (AvgIpc) is 3.35. The maximum absolute atomic E-state index is 13.1. The Kier molecular flexibility index (Phi) is 6.34. The topological polar surface area (TPSA) is 52.8 Å². The van der Waals surface area contributed by atoms with Gasteiger partial charge in [0.15, 0.2) is 4.96 Å². The minimum Gasteiger partial charge on any atom is -0.490 e. The number of para-hydroxylation sites is 3. The van der Waals surface area contributed by atoms with Crippen molar-refractivity contribution in [2.75, 3.05) is 13.2 Å². The van der Waals surface area contributed by atoms with E-state index in [-0.39, 0.29) is 5.56 Å². The van der Waals surface area contributed by atoms with Gasteiger partial charge in [-0.05, 0) is 54.5 Å². The molecule has 5 nitrogen and oxygen atoms in total. The molecule has 0 amide bonds. The average molecular weight is 489 g/mol. The van der Waals surface area contributed by atoms with Crippen molar-refractivity contribution in [1.82, 2.24) is 9.38 Å². The SMILES string of the molecule is C=CCc1ccccc1OCCOc1ccc(Cl)cc1/C=c1\sc2nc3ccccc3n2c1=O. The molecule has 170 valence electrons. The van der Waals surface area contributed by atoms with E-state index in [1.165, 1.54) is 11.3 Å². The summed E-state index contributed by atoms with van der Waals surface area (Å²) in [5, 5.41) is 0.562. The van der Waals surface area contributed by atoms with Gasteiger partial charge in [0.05, 0.1) is 15.6 Å². The van der Waals surface area contributed by atoms with Gasteiger partial charge in [-0.15, -0.1) is 6.58 Å².